The van der Waals surface area contributed by atoms with Gasteiger partial charge in [-0.3, -0.25) is 0 Å². The summed E-state index contributed by atoms with van der Waals surface area (Å²) >= 11 is 6.36. The maximum absolute atomic E-state index is 6.36. The van der Waals surface area contributed by atoms with Crippen LogP contribution in [0.4, 0.5) is 11.4 Å². The fourth-order valence-corrected chi connectivity index (χ4v) is 3.66. The summed E-state index contributed by atoms with van der Waals surface area (Å²) in [4.78, 5) is 2.05. The van der Waals surface area contributed by atoms with Gasteiger partial charge in [-0.2, -0.15) is 0 Å². The SMILES string of the molecule is CC(C)C1CCCCC1Nc1ccc(N(C)C)c(Cl)c1. The van der Waals surface area contributed by atoms with E-state index in [1.165, 1.54) is 25.7 Å². The van der Waals surface area contributed by atoms with Crippen LogP contribution < -0.4 is 10.2 Å². The van der Waals surface area contributed by atoms with E-state index in [4.69, 9.17) is 11.6 Å². The van der Waals surface area contributed by atoms with E-state index in [0.717, 1.165) is 28.2 Å². The van der Waals surface area contributed by atoms with Gasteiger partial charge in [-0.25, -0.2) is 0 Å². The topological polar surface area (TPSA) is 15.3 Å². The highest BCUT2D eigenvalue weighted by Crippen LogP contribution is 2.34. The number of benzene rings is 1. The van der Waals surface area contributed by atoms with Crippen molar-refractivity contribution in [3.63, 3.8) is 0 Å². The van der Waals surface area contributed by atoms with Gasteiger partial charge in [0, 0.05) is 25.8 Å². The highest BCUT2D eigenvalue weighted by atomic mass is 35.5. The lowest BCUT2D eigenvalue weighted by Gasteiger charge is -2.35. The minimum absolute atomic E-state index is 0.588. The van der Waals surface area contributed by atoms with Gasteiger partial charge in [0.25, 0.3) is 0 Å². The fourth-order valence-electron chi connectivity index (χ4n) is 3.31. The van der Waals surface area contributed by atoms with Gasteiger partial charge in [0.15, 0.2) is 0 Å². The van der Waals surface area contributed by atoms with Crippen LogP contribution in [0.3, 0.4) is 0 Å². The first-order chi connectivity index (χ1) is 9.49. The van der Waals surface area contributed by atoms with E-state index in [0.29, 0.717) is 6.04 Å². The molecule has 1 aliphatic rings. The smallest absolute Gasteiger partial charge is 0.0659 e. The Bertz CT molecular complexity index is 443. The number of nitrogens with one attached hydrogen (secondary N) is 1. The molecule has 0 spiro atoms. The molecule has 20 heavy (non-hydrogen) atoms. The summed E-state index contributed by atoms with van der Waals surface area (Å²) in [5.41, 5.74) is 2.22. The molecule has 0 amide bonds. The molecule has 112 valence electrons. The molecule has 2 rings (SSSR count). The molecule has 0 bridgehead atoms. The first kappa shape index (κ1) is 15.5. The van der Waals surface area contributed by atoms with Crippen molar-refractivity contribution in [2.75, 3.05) is 24.3 Å². The molecule has 1 aromatic rings. The molecule has 2 atom stereocenters. The Labute approximate surface area is 128 Å². The first-order valence-electron chi connectivity index (χ1n) is 7.72. The maximum atomic E-state index is 6.36. The lowest BCUT2D eigenvalue weighted by molar-refractivity contribution is 0.254. The van der Waals surface area contributed by atoms with E-state index in [9.17, 15) is 0 Å². The van der Waals surface area contributed by atoms with E-state index in [1.54, 1.807) is 0 Å². The minimum atomic E-state index is 0.588. The van der Waals surface area contributed by atoms with Crippen LogP contribution in [0, 0.1) is 11.8 Å². The third-order valence-corrected chi connectivity index (χ3v) is 4.76. The molecule has 3 heteroatoms. The average molecular weight is 295 g/mol. The molecule has 1 aliphatic carbocycles. The van der Waals surface area contributed by atoms with Crippen molar-refractivity contribution in [2.24, 2.45) is 11.8 Å². The number of rotatable bonds is 4. The van der Waals surface area contributed by atoms with Gasteiger partial charge in [-0.15, -0.1) is 0 Å². The van der Waals surface area contributed by atoms with E-state index in [-0.39, 0.29) is 0 Å². The number of nitrogens with zero attached hydrogens (tertiary/aromatic N) is 1. The molecule has 0 heterocycles. The summed E-state index contributed by atoms with van der Waals surface area (Å²) in [6.07, 6.45) is 5.33. The Morgan fingerprint density at radius 2 is 1.90 bits per heavy atom. The zero-order chi connectivity index (χ0) is 14.7. The Hall–Kier alpha value is -0.890. The maximum Gasteiger partial charge on any atom is 0.0659 e. The van der Waals surface area contributed by atoms with E-state index >= 15 is 0 Å². The lowest BCUT2D eigenvalue weighted by Crippen LogP contribution is -2.35. The normalized spacial score (nSPS) is 22.9. The van der Waals surface area contributed by atoms with Gasteiger partial charge in [0.1, 0.15) is 0 Å². The van der Waals surface area contributed by atoms with Gasteiger partial charge < -0.3 is 10.2 Å². The molecular formula is C17H27ClN2. The second kappa shape index (κ2) is 6.71. The van der Waals surface area contributed by atoms with Crippen LogP contribution in [0.1, 0.15) is 39.5 Å². The third kappa shape index (κ3) is 3.60. The number of hydrogen-bond donors (Lipinski definition) is 1. The lowest BCUT2D eigenvalue weighted by atomic mass is 9.78. The Morgan fingerprint density at radius 1 is 1.20 bits per heavy atom. The zero-order valence-electron chi connectivity index (χ0n) is 13.1. The predicted molar refractivity (Wildman–Crippen MR) is 90.0 cm³/mol. The van der Waals surface area contributed by atoms with E-state index < -0.39 is 0 Å². The molecular weight excluding hydrogens is 268 g/mol. The number of hydrogen-bond acceptors (Lipinski definition) is 2. The van der Waals surface area contributed by atoms with Crippen LogP contribution in [0.2, 0.25) is 5.02 Å². The molecule has 1 saturated carbocycles. The Balaban J connectivity index is 2.10. The monoisotopic (exact) mass is 294 g/mol. The van der Waals surface area contributed by atoms with Crippen molar-refractivity contribution in [2.45, 2.75) is 45.6 Å². The summed E-state index contributed by atoms with van der Waals surface area (Å²) in [6.45, 7) is 4.68. The van der Waals surface area contributed by atoms with Crippen molar-refractivity contribution in [3.8, 4) is 0 Å². The van der Waals surface area contributed by atoms with Crippen LogP contribution in [-0.4, -0.2) is 20.1 Å². The van der Waals surface area contributed by atoms with Crippen molar-refractivity contribution in [1.29, 1.82) is 0 Å². The highest BCUT2D eigenvalue weighted by Gasteiger charge is 2.27. The zero-order valence-corrected chi connectivity index (χ0v) is 13.9. The summed E-state index contributed by atoms with van der Waals surface area (Å²) in [5, 5.41) is 4.53. The predicted octanol–water partition coefficient (Wildman–Crippen LogP) is 5.03. The van der Waals surface area contributed by atoms with Gasteiger partial charge in [0.05, 0.1) is 10.7 Å². The number of halogens is 1. The summed E-state index contributed by atoms with van der Waals surface area (Å²) < 4.78 is 0. The van der Waals surface area contributed by atoms with Crippen LogP contribution in [0.5, 0.6) is 0 Å². The Kier molecular flexibility index (Phi) is 5.20. The van der Waals surface area contributed by atoms with Gasteiger partial charge >= 0.3 is 0 Å². The van der Waals surface area contributed by atoms with Crippen molar-refractivity contribution in [1.82, 2.24) is 0 Å². The summed E-state index contributed by atoms with van der Waals surface area (Å²) in [5.74, 6) is 1.51. The van der Waals surface area contributed by atoms with Gasteiger partial charge in [-0.1, -0.05) is 38.3 Å². The number of anilines is 2. The highest BCUT2D eigenvalue weighted by molar-refractivity contribution is 6.33. The van der Waals surface area contributed by atoms with Gasteiger partial charge in [0.2, 0.25) is 0 Å². The second-order valence-electron chi connectivity index (χ2n) is 6.50. The largest absolute Gasteiger partial charge is 0.382 e. The quantitative estimate of drug-likeness (QED) is 0.837. The van der Waals surface area contributed by atoms with Crippen molar-refractivity contribution < 1.29 is 0 Å². The third-order valence-electron chi connectivity index (χ3n) is 4.46. The minimum Gasteiger partial charge on any atom is -0.382 e. The molecule has 0 saturated heterocycles. The van der Waals surface area contributed by atoms with Crippen LogP contribution in [0.15, 0.2) is 18.2 Å². The molecule has 0 aromatic heterocycles. The summed E-state index contributed by atoms with van der Waals surface area (Å²) in [6, 6.07) is 6.89. The molecule has 0 aliphatic heterocycles. The average Bonchev–Trinajstić information content (AvgIpc) is 2.38. The summed E-state index contributed by atoms with van der Waals surface area (Å²) in [7, 11) is 4.04. The van der Waals surface area contributed by atoms with E-state index in [2.05, 4.69) is 37.4 Å². The van der Waals surface area contributed by atoms with Gasteiger partial charge in [-0.05, 0) is 42.9 Å². The molecule has 1 N–H and O–H groups in total. The molecule has 2 nitrogen and oxygen atoms in total. The van der Waals surface area contributed by atoms with Crippen LogP contribution >= 0.6 is 11.6 Å². The molecule has 2 unspecified atom stereocenters. The van der Waals surface area contributed by atoms with Crippen LogP contribution in [-0.2, 0) is 0 Å². The molecule has 1 aromatic carbocycles. The van der Waals surface area contributed by atoms with Crippen molar-refractivity contribution in [3.05, 3.63) is 23.2 Å². The van der Waals surface area contributed by atoms with E-state index in [1.807, 2.05) is 19.0 Å². The Morgan fingerprint density at radius 3 is 2.50 bits per heavy atom. The van der Waals surface area contributed by atoms with Crippen LogP contribution in [0.25, 0.3) is 0 Å². The standard InChI is InChI=1S/C17H27ClN2/c1-12(2)14-7-5-6-8-16(14)19-13-9-10-17(20(3)4)15(18)11-13/h9-12,14,16,19H,5-8H2,1-4H3. The first-order valence-corrected chi connectivity index (χ1v) is 8.10. The van der Waals surface area contributed by atoms with Crippen molar-refractivity contribution >= 4 is 23.0 Å². The molecule has 0 radical (unpaired) electrons. The fraction of sp³-hybridized carbons (Fsp3) is 0.647. The molecule has 1 fully saturated rings. The second-order valence-corrected chi connectivity index (χ2v) is 6.91.